The lowest BCUT2D eigenvalue weighted by Crippen LogP contribution is -2.71. The topological polar surface area (TPSA) is 150 Å². The zero-order valence-corrected chi connectivity index (χ0v) is 24.7. The normalized spacial score (nSPS) is 26.3. The number of halogens is 1. The Morgan fingerprint density at radius 2 is 1.61 bits per heavy atom. The molecule has 2 fully saturated rings. The maximum Gasteiger partial charge on any atom is 0.320 e. The van der Waals surface area contributed by atoms with E-state index in [1.54, 1.807) is 42.6 Å². The minimum absolute atomic E-state index is 0.279. The van der Waals surface area contributed by atoms with E-state index < -0.39 is 66.4 Å². The van der Waals surface area contributed by atoms with Gasteiger partial charge in [0.1, 0.15) is 18.3 Å². The zero-order chi connectivity index (χ0) is 31.8. The van der Waals surface area contributed by atoms with Gasteiger partial charge in [-0.15, -0.1) is 0 Å². The number of hydrogen-bond acceptors (Lipinski definition) is 10. The van der Waals surface area contributed by atoms with Crippen LogP contribution in [0.5, 0.6) is 0 Å². The summed E-state index contributed by atoms with van der Waals surface area (Å²) in [4.78, 5) is 51.9. The fourth-order valence-corrected chi connectivity index (χ4v) is 5.87. The van der Waals surface area contributed by atoms with Crippen molar-refractivity contribution in [3.05, 3.63) is 71.4 Å². The molecule has 1 aromatic heterocycles. The monoisotopic (exact) mass is 611 g/mol. The number of esters is 4. The van der Waals surface area contributed by atoms with Gasteiger partial charge in [0.15, 0.2) is 12.2 Å². The van der Waals surface area contributed by atoms with Crippen LogP contribution in [0.25, 0.3) is 10.9 Å². The summed E-state index contributed by atoms with van der Waals surface area (Å²) in [6.07, 6.45) is -3.99. The van der Waals surface area contributed by atoms with Gasteiger partial charge in [0.25, 0.3) is 0 Å². The summed E-state index contributed by atoms with van der Waals surface area (Å²) in [7, 11) is 0. The molecule has 44 heavy (non-hydrogen) atoms. The predicted octanol–water partition coefficient (Wildman–Crippen LogP) is 3.70. The molecule has 2 aromatic carbocycles. The maximum absolute atomic E-state index is 17.1. The van der Waals surface area contributed by atoms with Gasteiger partial charge in [0, 0.05) is 50.4 Å². The summed E-state index contributed by atoms with van der Waals surface area (Å²) >= 11 is 0. The van der Waals surface area contributed by atoms with Crippen molar-refractivity contribution in [2.75, 3.05) is 6.61 Å². The number of para-hydroxylation sites is 1. The van der Waals surface area contributed by atoms with E-state index in [1.807, 2.05) is 12.1 Å². The third-order valence-electron chi connectivity index (χ3n) is 7.88. The molecule has 0 bridgehead atoms. The Labute approximate surface area is 252 Å². The van der Waals surface area contributed by atoms with Gasteiger partial charge in [0.05, 0.1) is 0 Å². The number of ether oxygens (including phenoxy) is 5. The van der Waals surface area contributed by atoms with Crippen molar-refractivity contribution >= 4 is 34.8 Å². The highest BCUT2D eigenvalue weighted by atomic mass is 19.2. The second-order valence-corrected chi connectivity index (χ2v) is 11.2. The molecule has 234 valence electrons. The van der Waals surface area contributed by atoms with E-state index in [0.29, 0.717) is 22.4 Å². The van der Waals surface area contributed by atoms with E-state index in [1.165, 1.54) is 0 Å². The SMILES string of the molecule is CC(=O)OC[C@H]1O[C@@H](C(O)(c2ccc(C3CC3)cc2)c2c[nH]c3ccccc23)[C@H](OC(C)=O)[C@@H](OC(C)=O)[C@]1(F)OC(C)=O. The van der Waals surface area contributed by atoms with E-state index in [-0.39, 0.29) is 5.56 Å². The van der Waals surface area contributed by atoms with E-state index in [0.717, 1.165) is 46.1 Å². The number of carbonyl (C=O) groups is 4. The Kier molecular flexibility index (Phi) is 8.50. The van der Waals surface area contributed by atoms with E-state index in [9.17, 15) is 24.3 Å². The molecule has 1 unspecified atom stereocenters. The first kappa shape index (κ1) is 31.1. The number of carbonyl (C=O) groups excluding carboxylic acids is 4. The first-order valence-corrected chi connectivity index (χ1v) is 14.3. The van der Waals surface area contributed by atoms with Crippen LogP contribution in [0.1, 0.15) is 63.1 Å². The molecule has 2 aliphatic rings. The minimum Gasteiger partial charge on any atom is -0.463 e. The fourth-order valence-electron chi connectivity index (χ4n) is 5.87. The molecule has 12 heteroatoms. The number of rotatable bonds is 9. The largest absolute Gasteiger partial charge is 0.463 e. The molecule has 2 heterocycles. The average Bonchev–Trinajstić information content (AvgIpc) is 3.72. The third kappa shape index (κ3) is 5.91. The molecule has 1 aliphatic heterocycles. The minimum atomic E-state index is -3.31. The van der Waals surface area contributed by atoms with Crippen LogP contribution < -0.4 is 0 Å². The van der Waals surface area contributed by atoms with E-state index >= 15 is 4.39 Å². The van der Waals surface area contributed by atoms with Crippen molar-refractivity contribution in [2.24, 2.45) is 0 Å². The molecule has 1 aliphatic carbocycles. The maximum atomic E-state index is 17.1. The van der Waals surface area contributed by atoms with Crippen molar-refractivity contribution in [1.82, 2.24) is 4.98 Å². The summed E-state index contributed by atoms with van der Waals surface area (Å²) in [6.45, 7) is 3.25. The van der Waals surface area contributed by atoms with Gasteiger partial charge in [-0.05, 0) is 36.0 Å². The highest BCUT2D eigenvalue weighted by molar-refractivity contribution is 5.85. The highest BCUT2D eigenvalue weighted by Crippen LogP contribution is 2.48. The Morgan fingerprint density at radius 1 is 0.955 bits per heavy atom. The van der Waals surface area contributed by atoms with Crippen molar-refractivity contribution < 1.29 is 52.4 Å². The summed E-state index contributed by atoms with van der Waals surface area (Å²) in [5.41, 5.74) is 0.0932. The molecule has 1 saturated carbocycles. The quantitative estimate of drug-likeness (QED) is 0.271. The Balaban J connectivity index is 1.75. The standard InChI is InChI=1S/C32H34FNO10/c1-17(35)40-16-27-32(33,44-20(4)38)30(42-19(3)37)28(41-18(2)36)29(43-27)31(39,23-13-11-22(12-14-23)21-9-10-21)25-15-34-26-8-6-5-7-24(25)26/h5-8,11-15,21,27-30,34,39H,9-10,16H2,1-4H3/t27-,28+,29-,30-,31?,32-/m1/s1. The summed E-state index contributed by atoms with van der Waals surface area (Å²) in [6, 6.07) is 14.3. The molecule has 2 N–H and O–H groups in total. The predicted molar refractivity (Wildman–Crippen MR) is 152 cm³/mol. The number of nitrogens with one attached hydrogen (secondary N) is 1. The number of aromatic amines is 1. The van der Waals surface area contributed by atoms with E-state index in [4.69, 9.17) is 23.7 Å². The number of aliphatic hydroxyl groups is 1. The van der Waals surface area contributed by atoms with Crippen LogP contribution in [0.4, 0.5) is 4.39 Å². The van der Waals surface area contributed by atoms with Gasteiger partial charge in [-0.3, -0.25) is 19.2 Å². The number of alkyl halides is 1. The molecule has 3 aromatic rings. The highest BCUT2D eigenvalue weighted by Gasteiger charge is 2.67. The molecular formula is C32H34FNO10. The summed E-state index contributed by atoms with van der Waals surface area (Å²) < 4.78 is 44.3. The Hall–Kier alpha value is -4.29. The van der Waals surface area contributed by atoms with Crippen LogP contribution in [0.2, 0.25) is 0 Å². The van der Waals surface area contributed by atoms with Crippen LogP contribution in [-0.4, -0.2) is 70.8 Å². The first-order chi connectivity index (χ1) is 20.8. The molecular weight excluding hydrogens is 577 g/mol. The lowest BCUT2D eigenvalue weighted by atomic mass is 9.75. The molecule has 0 radical (unpaired) electrons. The van der Waals surface area contributed by atoms with Gasteiger partial charge in [0.2, 0.25) is 6.10 Å². The van der Waals surface area contributed by atoms with Crippen molar-refractivity contribution in [3.8, 4) is 0 Å². The third-order valence-corrected chi connectivity index (χ3v) is 7.88. The van der Waals surface area contributed by atoms with Gasteiger partial charge in [-0.25, -0.2) is 0 Å². The van der Waals surface area contributed by atoms with Gasteiger partial charge in [-0.2, -0.15) is 4.39 Å². The second-order valence-electron chi connectivity index (χ2n) is 11.2. The second kappa shape index (κ2) is 12.0. The molecule has 0 amide bonds. The molecule has 6 atom stereocenters. The van der Waals surface area contributed by atoms with Crippen LogP contribution in [-0.2, 0) is 48.5 Å². The number of hydrogen-bond donors (Lipinski definition) is 2. The first-order valence-electron chi connectivity index (χ1n) is 14.3. The average molecular weight is 612 g/mol. The molecule has 11 nitrogen and oxygen atoms in total. The summed E-state index contributed by atoms with van der Waals surface area (Å²) in [5.74, 6) is -6.75. The zero-order valence-electron chi connectivity index (χ0n) is 24.7. The van der Waals surface area contributed by atoms with Crippen molar-refractivity contribution in [2.45, 2.75) is 82.3 Å². The number of benzene rings is 2. The van der Waals surface area contributed by atoms with Crippen LogP contribution in [0.15, 0.2) is 54.7 Å². The molecule has 1 saturated heterocycles. The molecule has 5 rings (SSSR count). The van der Waals surface area contributed by atoms with E-state index in [2.05, 4.69) is 4.98 Å². The Bertz CT molecular complexity index is 1570. The van der Waals surface area contributed by atoms with Gasteiger partial charge in [-0.1, -0.05) is 42.5 Å². The lowest BCUT2D eigenvalue weighted by molar-refractivity contribution is -0.345. The van der Waals surface area contributed by atoms with Gasteiger partial charge < -0.3 is 33.8 Å². The molecule has 0 spiro atoms. The smallest absolute Gasteiger partial charge is 0.320 e. The van der Waals surface area contributed by atoms with Crippen molar-refractivity contribution in [3.63, 3.8) is 0 Å². The number of H-pyrrole nitrogens is 1. The van der Waals surface area contributed by atoms with Crippen molar-refractivity contribution in [1.29, 1.82) is 0 Å². The lowest BCUT2D eigenvalue weighted by Gasteiger charge is -2.51. The number of aromatic nitrogens is 1. The number of fused-ring (bicyclic) bond motifs is 1. The summed E-state index contributed by atoms with van der Waals surface area (Å²) in [5, 5.41) is 13.6. The fraction of sp³-hybridized carbons (Fsp3) is 0.438. The van der Waals surface area contributed by atoms with Crippen LogP contribution in [0.3, 0.4) is 0 Å². The van der Waals surface area contributed by atoms with Crippen LogP contribution in [0, 0.1) is 0 Å². The van der Waals surface area contributed by atoms with Gasteiger partial charge >= 0.3 is 29.7 Å². The Morgan fingerprint density at radius 3 is 2.20 bits per heavy atom. The van der Waals surface area contributed by atoms with Crippen LogP contribution >= 0.6 is 0 Å².